The van der Waals surface area contributed by atoms with E-state index in [1.54, 1.807) is 7.11 Å². The first-order valence-corrected chi connectivity index (χ1v) is 7.12. The quantitative estimate of drug-likeness (QED) is 0.915. The summed E-state index contributed by atoms with van der Waals surface area (Å²) in [6.07, 6.45) is 0. The van der Waals surface area contributed by atoms with Crippen LogP contribution in [0.25, 0.3) is 0 Å². The molecule has 2 rings (SSSR count). The summed E-state index contributed by atoms with van der Waals surface area (Å²) in [5.41, 5.74) is 0.512. The maximum Gasteiger partial charge on any atom is 0.232 e. The third-order valence-electron chi connectivity index (χ3n) is 4.00. The topological polar surface area (TPSA) is 41.6 Å². The normalized spacial score (nSPS) is 19.8. The van der Waals surface area contributed by atoms with E-state index in [-0.39, 0.29) is 5.91 Å². The zero-order valence-electron chi connectivity index (χ0n) is 12.8. The summed E-state index contributed by atoms with van der Waals surface area (Å²) >= 11 is 0. The van der Waals surface area contributed by atoms with Crippen LogP contribution < -0.4 is 10.1 Å². The number of benzene rings is 1. The van der Waals surface area contributed by atoms with Crippen molar-refractivity contribution < 1.29 is 9.53 Å². The monoisotopic (exact) mass is 276 g/mol. The predicted molar refractivity (Wildman–Crippen MR) is 80.1 cm³/mol. The highest BCUT2D eigenvalue weighted by molar-refractivity contribution is 5.87. The van der Waals surface area contributed by atoms with Crippen LogP contribution in [0.4, 0.5) is 0 Å². The number of carbonyl (C=O) groups excluding carboxylic acids is 1. The van der Waals surface area contributed by atoms with Gasteiger partial charge in [0.1, 0.15) is 5.75 Å². The lowest BCUT2D eigenvalue weighted by atomic mass is 9.83. The molecule has 110 valence electrons. The van der Waals surface area contributed by atoms with E-state index in [9.17, 15) is 4.79 Å². The molecule has 1 N–H and O–H groups in total. The van der Waals surface area contributed by atoms with Gasteiger partial charge in [0.25, 0.3) is 0 Å². The van der Waals surface area contributed by atoms with Crippen molar-refractivity contribution in [2.24, 2.45) is 0 Å². The lowest BCUT2D eigenvalue weighted by molar-refractivity contribution is -0.137. The van der Waals surface area contributed by atoms with Crippen LogP contribution in [0, 0.1) is 0 Å². The SMILES string of the molecule is COc1ccc(C(C)(C)C(=O)N2CCN[C@H](C)C2)cc1. The number of nitrogens with zero attached hydrogens (tertiary/aromatic N) is 1. The average molecular weight is 276 g/mol. The molecule has 1 aromatic carbocycles. The minimum atomic E-state index is -0.511. The van der Waals surface area contributed by atoms with Gasteiger partial charge in [0.15, 0.2) is 0 Å². The number of nitrogens with one attached hydrogen (secondary N) is 1. The summed E-state index contributed by atoms with van der Waals surface area (Å²) in [4.78, 5) is 14.8. The molecular weight excluding hydrogens is 252 g/mol. The van der Waals surface area contributed by atoms with E-state index >= 15 is 0 Å². The molecule has 4 nitrogen and oxygen atoms in total. The van der Waals surface area contributed by atoms with E-state index in [2.05, 4.69) is 12.2 Å². The van der Waals surface area contributed by atoms with E-state index in [1.165, 1.54) is 0 Å². The Labute approximate surface area is 121 Å². The fourth-order valence-electron chi connectivity index (χ4n) is 2.64. The van der Waals surface area contributed by atoms with Crippen molar-refractivity contribution in [2.45, 2.75) is 32.2 Å². The van der Waals surface area contributed by atoms with Crippen LogP contribution in [0.15, 0.2) is 24.3 Å². The van der Waals surface area contributed by atoms with Crippen LogP contribution in [0.3, 0.4) is 0 Å². The van der Waals surface area contributed by atoms with Crippen LogP contribution in [0.2, 0.25) is 0 Å². The molecule has 0 unspecified atom stereocenters. The Morgan fingerprint density at radius 3 is 2.55 bits per heavy atom. The lowest BCUT2D eigenvalue weighted by Crippen LogP contribution is -2.55. The molecule has 1 aliphatic heterocycles. The van der Waals surface area contributed by atoms with Crippen molar-refractivity contribution >= 4 is 5.91 Å². The molecule has 0 bridgehead atoms. The fourth-order valence-corrected chi connectivity index (χ4v) is 2.64. The van der Waals surface area contributed by atoms with Gasteiger partial charge >= 0.3 is 0 Å². The zero-order valence-corrected chi connectivity index (χ0v) is 12.8. The number of ether oxygens (including phenoxy) is 1. The highest BCUT2D eigenvalue weighted by Crippen LogP contribution is 2.27. The van der Waals surface area contributed by atoms with Crippen LogP contribution >= 0.6 is 0 Å². The van der Waals surface area contributed by atoms with Crippen LogP contribution in [0.1, 0.15) is 26.3 Å². The van der Waals surface area contributed by atoms with Gasteiger partial charge in [-0.25, -0.2) is 0 Å². The van der Waals surface area contributed by atoms with E-state index in [0.29, 0.717) is 6.04 Å². The van der Waals surface area contributed by atoms with E-state index in [4.69, 9.17) is 4.74 Å². The zero-order chi connectivity index (χ0) is 14.8. The largest absolute Gasteiger partial charge is 0.497 e. The van der Waals surface area contributed by atoms with Crippen molar-refractivity contribution in [3.63, 3.8) is 0 Å². The smallest absolute Gasteiger partial charge is 0.232 e. The van der Waals surface area contributed by atoms with Crippen molar-refractivity contribution in [2.75, 3.05) is 26.7 Å². The average Bonchev–Trinajstić information content (AvgIpc) is 2.46. The van der Waals surface area contributed by atoms with Crippen molar-refractivity contribution in [1.29, 1.82) is 0 Å². The van der Waals surface area contributed by atoms with Crippen molar-refractivity contribution in [3.05, 3.63) is 29.8 Å². The second-order valence-corrected chi connectivity index (χ2v) is 5.96. The molecular formula is C16H24N2O2. The summed E-state index contributed by atoms with van der Waals surface area (Å²) in [5, 5.41) is 3.36. The molecule has 0 radical (unpaired) electrons. The summed E-state index contributed by atoms with van der Waals surface area (Å²) in [6, 6.07) is 8.12. The summed E-state index contributed by atoms with van der Waals surface area (Å²) in [7, 11) is 1.65. The second kappa shape index (κ2) is 5.83. The van der Waals surface area contributed by atoms with Gasteiger partial charge in [-0.3, -0.25) is 4.79 Å². The molecule has 0 aliphatic carbocycles. The number of methoxy groups -OCH3 is 1. The first-order valence-electron chi connectivity index (χ1n) is 7.12. The highest BCUT2D eigenvalue weighted by atomic mass is 16.5. The molecule has 0 spiro atoms. The Morgan fingerprint density at radius 2 is 2.00 bits per heavy atom. The van der Waals surface area contributed by atoms with E-state index in [0.717, 1.165) is 30.9 Å². The van der Waals surface area contributed by atoms with Gasteiger partial charge in [0.05, 0.1) is 12.5 Å². The number of piperazine rings is 1. The Bertz CT molecular complexity index is 468. The van der Waals surface area contributed by atoms with Crippen molar-refractivity contribution in [3.8, 4) is 5.75 Å². The molecule has 1 saturated heterocycles. The minimum Gasteiger partial charge on any atom is -0.497 e. The van der Waals surface area contributed by atoms with Crippen LogP contribution in [-0.4, -0.2) is 43.6 Å². The summed E-state index contributed by atoms with van der Waals surface area (Å²) < 4.78 is 5.17. The Hall–Kier alpha value is -1.55. The van der Waals surface area contributed by atoms with Gasteiger partial charge in [-0.15, -0.1) is 0 Å². The van der Waals surface area contributed by atoms with Gasteiger partial charge in [-0.2, -0.15) is 0 Å². The summed E-state index contributed by atoms with van der Waals surface area (Å²) in [5.74, 6) is 1.00. The minimum absolute atomic E-state index is 0.191. The molecule has 1 aliphatic rings. The summed E-state index contributed by atoms with van der Waals surface area (Å²) in [6.45, 7) is 8.51. The molecule has 20 heavy (non-hydrogen) atoms. The lowest BCUT2D eigenvalue weighted by Gasteiger charge is -2.37. The Balaban J connectivity index is 2.17. The predicted octanol–water partition coefficient (Wildman–Crippen LogP) is 1.79. The van der Waals surface area contributed by atoms with Crippen molar-refractivity contribution in [1.82, 2.24) is 10.2 Å². The number of rotatable bonds is 3. The molecule has 1 heterocycles. The number of carbonyl (C=O) groups is 1. The number of hydrogen-bond donors (Lipinski definition) is 1. The fraction of sp³-hybridized carbons (Fsp3) is 0.562. The third-order valence-corrected chi connectivity index (χ3v) is 4.00. The molecule has 1 atom stereocenters. The van der Waals surface area contributed by atoms with Gasteiger partial charge < -0.3 is 15.0 Å². The van der Waals surface area contributed by atoms with E-state index < -0.39 is 5.41 Å². The van der Waals surface area contributed by atoms with Crippen LogP contribution in [-0.2, 0) is 10.2 Å². The first-order chi connectivity index (χ1) is 9.45. The highest BCUT2D eigenvalue weighted by Gasteiger charge is 2.35. The molecule has 1 amide bonds. The number of amides is 1. The van der Waals surface area contributed by atoms with Gasteiger partial charge in [0.2, 0.25) is 5.91 Å². The molecule has 1 fully saturated rings. The number of hydrogen-bond acceptors (Lipinski definition) is 3. The Kier molecular flexibility index (Phi) is 4.33. The molecule has 0 aromatic heterocycles. The molecule has 0 saturated carbocycles. The first kappa shape index (κ1) is 14.9. The van der Waals surface area contributed by atoms with Gasteiger partial charge in [-0.1, -0.05) is 12.1 Å². The Morgan fingerprint density at radius 1 is 1.35 bits per heavy atom. The maximum atomic E-state index is 12.8. The molecule has 1 aromatic rings. The standard InChI is InChI=1S/C16H24N2O2/c1-12-11-18(10-9-17-12)15(19)16(2,3)13-5-7-14(20-4)8-6-13/h5-8,12,17H,9-11H2,1-4H3/t12-/m1/s1. The second-order valence-electron chi connectivity index (χ2n) is 5.96. The third kappa shape index (κ3) is 2.96. The van der Waals surface area contributed by atoms with E-state index in [1.807, 2.05) is 43.0 Å². The van der Waals surface area contributed by atoms with Crippen LogP contribution in [0.5, 0.6) is 5.75 Å². The van der Waals surface area contributed by atoms with Gasteiger partial charge in [-0.05, 0) is 38.5 Å². The van der Waals surface area contributed by atoms with Gasteiger partial charge in [0, 0.05) is 25.7 Å². The maximum absolute atomic E-state index is 12.8. The molecule has 4 heteroatoms.